The number of anilines is 1. The number of rotatable bonds is 5. The summed E-state index contributed by atoms with van der Waals surface area (Å²) < 4.78 is 3.92. The lowest BCUT2D eigenvalue weighted by Crippen LogP contribution is -2.13. The van der Waals surface area contributed by atoms with Crippen LogP contribution >= 0.6 is 0 Å². The van der Waals surface area contributed by atoms with Crippen LogP contribution in [-0.4, -0.2) is 25.9 Å². The van der Waals surface area contributed by atoms with Gasteiger partial charge in [0.05, 0.1) is 6.54 Å². The van der Waals surface area contributed by atoms with Crippen LogP contribution in [0.5, 0.6) is 0 Å². The maximum atomic E-state index is 4.33. The molecule has 3 rings (SSSR count). The van der Waals surface area contributed by atoms with Crippen molar-refractivity contribution < 1.29 is 0 Å². The van der Waals surface area contributed by atoms with Crippen LogP contribution < -0.4 is 5.32 Å². The zero-order valence-corrected chi connectivity index (χ0v) is 10.5. The molecule has 19 heavy (non-hydrogen) atoms. The first kappa shape index (κ1) is 11.5. The summed E-state index contributed by atoms with van der Waals surface area (Å²) in [5.74, 6) is 0.846. The van der Waals surface area contributed by atoms with Crippen LogP contribution in [0, 0.1) is 0 Å². The number of hydrogen-bond acceptors (Lipinski definition) is 3. The summed E-state index contributed by atoms with van der Waals surface area (Å²) in [5, 5.41) is 7.49. The Bertz CT molecular complexity index is 612. The highest BCUT2D eigenvalue weighted by atomic mass is 15.3. The normalized spacial score (nSPS) is 10.5. The summed E-state index contributed by atoms with van der Waals surface area (Å²) >= 11 is 0. The van der Waals surface area contributed by atoms with Crippen molar-refractivity contribution in [3.05, 3.63) is 61.2 Å². The summed E-state index contributed by atoms with van der Waals surface area (Å²) in [4.78, 5) is 4.33. The Hall–Kier alpha value is -2.56. The van der Waals surface area contributed by atoms with E-state index in [0.717, 1.165) is 24.7 Å². The molecule has 0 fully saturated rings. The molecule has 2 aromatic heterocycles. The fourth-order valence-corrected chi connectivity index (χ4v) is 1.95. The van der Waals surface area contributed by atoms with Gasteiger partial charge in [0, 0.05) is 37.0 Å². The minimum Gasteiger partial charge on any atom is -0.353 e. The quantitative estimate of drug-likeness (QED) is 0.758. The van der Waals surface area contributed by atoms with Crippen LogP contribution in [-0.2, 0) is 6.54 Å². The molecular weight excluding hydrogens is 238 g/mol. The molecule has 1 N–H and O–H groups in total. The molecule has 1 aromatic carbocycles. The van der Waals surface area contributed by atoms with Crippen molar-refractivity contribution >= 4 is 5.95 Å². The molecule has 0 amide bonds. The lowest BCUT2D eigenvalue weighted by atomic mass is 10.3. The molecule has 2 heterocycles. The van der Waals surface area contributed by atoms with Crippen molar-refractivity contribution in [2.45, 2.75) is 6.54 Å². The van der Waals surface area contributed by atoms with Gasteiger partial charge >= 0.3 is 0 Å². The zero-order valence-electron chi connectivity index (χ0n) is 10.5. The van der Waals surface area contributed by atoms with Gasteiger partial charge in [-0.3, -0.25) is 9.25 Å². The molecule has 0 aliphatic carbocycles. The molecule has 0 atom stereocenters. The third-order valence-electron chi connectivity index (χ3n) is 2.86. The highest BCUT2D eigenvalue weighted by molar-refractivity contribution is 5.41. The Morgan fingerprint density at radius 3 is 2.68 bits per heavy atom. The molecule has 5 heteroatoms. The first-order valence-electron chi connectivity index (χ1n) is 6.23. The molecule has 5 nitrogen and oxygen atoms in total. The van der Waals surface area contributed by atoms with E-state index in [4.69, 9.17) is 0 Å². The average molecular weight is 253 g/mol. The molecule has 0 spiro atoms. The van der Waals surface area contributed by atoms with E-state index < -0.39 is 0 Å². The fourth-order valence-electron chi connectivity index (χ4n) is 1.95. The maximum Gasteiger partial charge on any atom is 0.207 e. The summed E-state index contributed by atoms with van der Waals surface area (Å²) in [6.07, 6.45) is 7.48. The van der Waals surface area contributed by atoms with Gasteiger partial charge in [-0.25, -0.2) is 4.98 Å². The van der Waals surface area contributed by atoms with Crippen molar-refractivity contribution in [3.63, 3.8) is 0 Å². The molecule has 3 aromatic rings. The zero-order chi connectivity index (χ0) is 12.9. The average Bonchev–Trinajstić information content (AvgIpc) is 3.11. The molecular formula is C14H15N5. The van der Waals surface area contributed by atoms with E-state index in [0.29, 0.717) is 0 Å². The number of hydrogen-bond donors (Lipinski definition) is 1. The topological polar surface area (TPSA) is 47.7 Å². The largest absolute Gasteiger partial charge is 0.353 e. The van der Waals surface area contributed by atoms with Gasteiger partial charge in [0.15, 0.2) is 0 Å². The van der Waals surface area contributed by atoms with Crippen LogP contribution in [0.2, 0.25) is 0 Å². The van der Waals surface area contributed by atoms with E-state index in [1.807, 2.05) is 45.9 Å². The lowest BCUT2D eigenvalue weighted by Gasteiger charge is -2.09. The van der Waals surface area contributed by atoms with Crippen molar-refractivity contribution in [1.29, 1.82) is 0 Å². The number of aromatic nitrogens is 4. The molecule has 0 radical (unpaired) electrons. The Labute approximate surface area is 111 Å². The Balaban J connectivity index is 1.67. The number of nitrogens with one attached hydrogen (secondary N) is 1. The van der Waals surface area contributed by atoms with E-state index in [1.54, 1.807) is 12.4 Å². The van der Waals surface area contributed by atoms with E-state index in [1.165, 1.54) is 0 Å². The van der Waals surface area contributed by atoms with Gasteiger partial charge in [0.1, 0.15) is 0 Å². The second kappa shape index (κ2) is 5.39. The number of imidazole rings is 1. The van der Waals surface area contributed by atoms with Gasteiger partial charge in [0.25, 0.3) is 0 Å². The summed E-state index contributed by atoms with van der Waals surface area (Å²) in [7, 11) is 0. The lowest BCUT2D eigenvalue weighted by molar-refractivity contribution is 0.635. The third kappa shape index (κ3) is 2.65. The van der Waals surface area contributed by atoms with E-state index >= 15 is 0 Å². The molecule has 0 bridgehead atoms. The Morgan fingerprint density at radius 2 is 1.89 bits per heavy atom. The van der Waals surface area contributed by atoms with Crippen molar-refractivity contribution in [2.24, 2.45) is 0 Å². The van der Waals surface area contributed by atoms with Gasteiger partial charge in [-0.15, -0.1) is 0 Å². The first-order chi connectivity index (χ1) is 9.43. The van der Waals surface area contributed by atoms with Gasteiger partial charge in [0.2, 0.25) is 5.95 Å². The Kier molecular flexibility index (Phi) is 3.27. The number of nitrogens with zero attached hydrogens (tertiary/aromatic N) is 4. The van der Waals surface area contributed by atoms with Crippen molar-refractivity contribution in [3.8, 4) is 5.69 Å². The molecule has 0 saturated heterocycles. The summed E-state index contributed by atoms with van der Waals surface area (Å²) in [6.45, 7) is 1.60. The minimum atomic E-state index is 0.783. The van der Waals surface area contributed by atoms with Crippen LogP contribution in [0.15, 0.2) is 61.2 Å². The molecule has 0 saturated carbocycles. The molecule has 0 aliphatic rings. The maximum absolute atomic E-state index is 4.33. The summed E-state index contributed by atoms with van der Waals surface area (Å²) in [5.41, 5.74) is 1.10. The smallest absolute Gasteiger partial charge is 0.207 e. The standard InChI is InChI=1S/C14H15N5/c1-2-5-13(6-3-1)19-12-9-16-14(19)15-8-11-18-10-4-7-17-18/h1-7,9-10,12H,8,11H2,(H,15,16). The Morgan fingerprint density at radius 1 is 1.00 bits per heavy atom. The van der Waals surface area contributed by atoms with E-state index in [9.17, 15) is 0 Å². The van der Waals surface area contributed by atoms with Gasteiger partial charge in [-0.1, -0.05) is 18.2 Å². The second-order valence-electron chi connectivity index (χ2n) is 4.15. The highest BCUT2D eigenvalue weighted by Gasteiger charge is 2.03. The van der Waals surface area contributed by atoms with Gasteiger partial charge in [-0.2, -0.15) is 5.10 Å². The third-order valence-corrected chi connectivity index (χ3v) is 2.86. The van der Waals surface area contributed by atoms with E-state index in [2.05, 4.69) is 27.5 Å². The predicted octanol–water partition coefficient (Wildman–Crippen LogP) is 2.18. The second-order valence-corrected chi connectivity index (χ2v) is 4.15. The molecule has 0 unspecified atom stereocenters. The minimum absolute atomic E-state index is 0.783. The predicted molar refractivity (Wildman–Crippen MR) is 74.3 cm³/mol. The molecule has 96 valence electrons. The molecule has 0 aliphatic heterocycles. The SMILES string of the molecule is c1ccc(-n2ccnc2NCCn2cccn2)cc1. The van der Waals surface area contributed by atoms with Crippen LogP contribution in [0.1, 0.15) is 0 Å². The van der Waals surface area contributed by atoms with Crippen LogP contribution in [0.4, 0.5) is 5.95 Å². The number of para-hydroxylation sites is 1. The van der Waals surface area contributed by atoms with E-state index in [-0.39, 0.29) is 0 Å². The number of benzene rings is 1. The van der Waals surface area contributed by atoms with Gasteiger partial charge in [-0.05, 0) is 18.2 Å². The van der Waals surface area contributed by atoms with Crippen LogP contribution in [0.25, 0.3) is 5.69 Å². The van der Waals surface area contributed by atoms with Crippen LogP contribution in [0.3, 0.4) is 0 Å². The van der Waals surface area contributed by atoms with Gasteiger partial charge < -0.3 is 5.32 Å². The summed E-state index contributed by atoms with van der Waals surface area (Å²) in [6, 6.07) is 12.1. The van der Waals surface area contributed by atoms with Crippen molar-refractivity contribution in [2.75, 3.05) is 11.9 Å². The first-order valence-corrected chi connectivity index (χ1v) is 6.23. The fraction of sp³-hybridized carbons (Fsp3) is 0.143. The highest BCUT2D eigenvalue weighted by Crippen LogP contribution is 2.13. The monoisotopic (exact) mass is 253 g/mol. The van der Waals surface area contributed by atoms with Crippen molar-refractivity contribution in [1.82, 2.24) is 19.3 Å².